The van der Waals surface area contributed by atoms with Gasteiger partial charge in [-0.3, -0.25) is 9.69 Å². The number of H-pyrrole nitrogens is 1. The molecule has 3 aromatic rings. The Morgan fingerprint density at radius 2 is 1.91 bits per heavy atom. The highest BCUT2D eigenvalue weighted by Crippen LogP contribution is 2.59. The smallest absolute Gasteiger partial charge is 0.223 e. The number of aromatic nitrogens is 1. The van der Waals surface area contributed by atoms with Gasteiger partial charge >= 0.3 is 0 Å². The van der Waals surface area contributed by atoms with Crippen molar-refractivity contribution in [1.29, 1.82) is 0 Å². The Morgan fingerprint density at radius 1 is 1.15 bits per heavy atom. The number of benzene rings is 2. The molecule has 0 bridgehead atoms. The van der Waals surface area contributed by atoms with Gasteiger partial charge in [-0.25, -0.2) is 0 Å². The molecule has 33 heavy (non-hydrogen) atoms. The lowest BCUT2D eigenvalue weighted by molar-refractivity contribution is -0.123. The quantitative estimate of drug-likeness (QED) is 0.518. The van der Waals surface area contributed by atoms with Crippen molar-refractivity contribution >= 4 is 16.8 Å². The topological polar surface area (TPSA) is 57.4 Å². The highest BCUT2D eigenvalue weighted by Gasteiger charge is 2.58. The molecule has 2 aliphatic rings. The van der Waals surface area contributed by atoms with E-state index in [9.17, 15) is 4.79 Å². The molecule has 2 N–H and O–H groups in total. The van der Waals surface area contributed by atoms with E-state index in [1.54, 1.807) is 0 Å². The Balaban J connectivity index is 1.06. The summed E-state index contributed by atoms with van der Waals surface area (Å²) < 4.78 is 5.74. The van der Waals surface area contributed by atoms with Gasteiger partial charge in [-0.1, -0.05) is 30.3 Å². The van der Waals surface area contributed by atoms with Crippen molar-refractivity contribution in [2.45, 2.75) is 52.2 Å². The fourth-order valence-electron chi connectivity index (χ4n) is 5.41. The fraction of sp³-hybridized carbons (Fsp3) is 0.464. The highest BCUT2D eigenvalue weighted by molar-refractivity contribution is 5.84. The van der Waals surface area contributed by atoms with E-state index in [0.29, 0.717) is 6.54 Å². The molecule has 0 radical (unpaired) electrons. The third-order valence-electron chi connectivity index (χ3n) is 7.43. The number of ether oxygens (including phenoxy) is 1. The van der Waals surface area contributed by atoms with Gasteiger partial charge in [-0.05, 0) is 87.4 Å². The van der Waals surface area contributed by atoms with E-state index in [1.165, 1.54) is 16.5 Å². The van der Waals surface area contributed by atoms with Gasteiger partial charge in [0.05, 0.1) is 6.10 Å². The number of amides is 1. The van der Waals surface area contributed by atoms with Gasteiger partial charge in [0.2, 0.25) is 5.91 Å². The van der Waals surface area contributed by atoms with Gasteiger partial charge in [-0.2, -0.15) is 0 Å². The van der Waals surface area contributed by atoms with Gasteiger partial charge in [0, 0.05) is 36.1 Å². The first-order valence-electron chi connectivity index (χ1n) is 12.3. The lowest BCUT2D eigenvalue weighted by Crippen LogP contribution is -2.37. The van der Waals surface area contributed by atoms with Crippen molar-refractivity contribution < 1.29 is 9.53 Å². The van der Waals surface area contributed by atoms with Crippen LogP contribution in [0.2, 0.25) is 0 Å². The van der Waals surface area contributed by atoms with Crippen LogP contribution in [0.5, 0.6) is 5.75 Å². The molecule has 174 valence electrons. The average molecular weight is 446 g/mol. The van der Waals surface area contributed by atoms with Crippen molar-refractivity contribution in [3.8, 4) is 5.75 Å². The first-order valence-corrected chi connectivity index (χ1v) is 12.3. The summed E-state index contributed by atoms with van der Waals surface area (Å²) in [4.78, 5) is 18.6. The predicted octanol–water partition coefficient (Wildman–Crippen LogP) is 4.92. The molecule has 1 aliphatic heterocycles. The number of carbonyl (C=O) groups is 1. The molecule has 2 aromatic carbocycles. The van der Waals surface area contributed by atoms with Crippen LogP contribution in [0.4, 0.5) is 0 Å². The van der Waals surface area contributed by atoms with Crippen molar-refractivity contribution in [2.75, 3.05) is 19.6 Å². The number of aromatic amines is 1. The predicted molar refractivity (Wildman–Crippen MR) is 132 cm³/mol. The van der Waals surface area contributed by atoms with Gasteiger partial charge < -0.3 is 15.0 Å². The highest BCUT2D eigenvalue weighted by atomic mass is 16.5. The van der Waals surface area contributed by atoms with E-state index in [4.69, 9.17) is 4.74 Å². The molecule has 5 rings (SSSR count). The summed E-state index contributed by atoms with van der Waals surface area (Å²) in [5.41, 5.74) is 4.00. The van der Waals surface area contributed by atoms with Crippen LogP contribution >= 0.6 is 0 Å². The number of likely N-dealkylation sites (tertiary alicyclic amines) is 1. The molecule has 1 atom stereocenters. The van der Waals surface area contributed by atoms with Crippen LogP contribution in [-0.2, 0) is 17.8 Å². The number of hydrogen-bond acceptors (Lipinski definition) is 3. The summed E-state index contributed by atoms with van der Waals surface area (Å²) in [6.07, 6.45) is 6.44. The van der Waals surface area contributed by atoms with Crippen molar-refractivity contribution in [3.05, 3.63) is 65.9 Å². The maximum atomic E-state index is 12.8. The second-order valence-electron chi connectivity index (χ2n) is 10.1. The number of fused-ring (bicyclic) bond motifs is 1. The van der Waals surface area contributed by atoms with E-state index < -0.39 is 0 Å². The van der Waals surface area contributed by atoms with Gasteiger partial charge in [0.15, 0.2) is 0 Å². The van der Waals surface area contributed by atoms with E-state index >= 15 is 0 Å². The Hall–Kier alpha value is -2.79. The van der Waals surface area contributed by atoms with Crippen molar-refractivity contribution in [1.82, 2.24) is 15.2 Å². The summed E-state index contributed by atoms with van der Waals surface area (Å²) in [7, 11) is 0. The minimum atomic E-state index is 0.200. The minimum absolute atomic E-state index is 0.200. The minimum Gasteiger partial charge on any atom is -0.491 e. The summed E-state index contributed by atoms with van der Waals surface area (Å²) in [5, 5.41) is 4.46. The number of carbonyl (C=O) groups excluding carboxylic acids is 1. The third-order valence-corrected chi connectivity index (χ3v) is 7.43. The van der Waals surface area contributed by atoms with Gasteiger partial charge in [-0.15, -0.1) is 0 Å². The van der Waals surface area contributed by atoms with Crippen LogP contribution in [0, 0.1) is 11.3 Å². The number of rotatable bonds is 8. The first kappa shape index (κ1) is 22.0. The van der Waals surface area contributed by atoms with Crippen molar-refractivity contribution in [3.63, 3.8) is 0 Å². The number of para-hydroxylation sites is 1. The molecule has 2 fully saturated rings. The van der Waals surface area contributed by atoms with Crippen LogP contribution in [-0.4, -0.2) is 41.5 Å². The van der Waals surface area contributed by atoms with Gasteiger partial charge in [0.1, 0.15) is 5.75 Å². The summed E-state index contributed by atoms with van der Waals surface area (Å²) in [6.45, 7) is 7.92. The van der Waals surface area contributed by atoms with Crippen LogP contribution in [0.15, 0.2) is 54.7 Å². The lowest BCUT2D eigenvalue weighted by Gasteiger charge is -2.32. The molecule has 1 spiro atoms. The molecular formula is C28H35N3O2. The molecule has 5 nitrogen and oxygen atoms in total. The normalized spacial score (nSPS) is 19.8. The zero-order valence-electron chi connectivity index (χ0n) is 19.8. The zero-order valence-corrected chi connectivity index (χ0v) is 19.8. The fourth-order valence-corrected chi connectivity index (χ4v) is 5.41. The van der Waals surface area contributed by atoms with Crippen LogP contribution in [0.1, 0.15) is 44.2 Å². The summed E-state index contributed by atoms with van der Waals surface area (Å²) >= 11 is 0. The van der Waals surface area contributed by atoms with Crippen LogP contribution in [0.25, 0.3) is 10.9 Å². The Bertz CT molecular complexity index is 1090. The molecule has 1 aromatic heterocycles. The Labute approximate surface area is 196 Å². The molecule has 1 saturated carbocycles. The molecule has 1 aliphatic carbocycles. The monoisotopic (exact) mass is 445 g/mol. The Morgan fingerprint density at radius 3 is 2.67 bits per heavy atom. The summed E-state index contributed by atoms with van der Waals surface area (Å²) in [6, 6.07) is 16.8. The first-order chi connectivity index (χ1) is 16.0. The number of hydrogen-bond donors (Lipinski definition) is 2. The number of nitrogens with one attached hydrogen (secondary N) is 2. The maximum Gasteiger partial charge on any atom is 0.223 e. The molecule has 1 amide bonds. The average Bonchev–Trinajstić information content (AvgIpc) is 3.36. The Kier molecular flexibility index (Phi) is 6.15. The maximum absolute atomic E-state index is 12.8. The summed E-state index contributed by atoms with van der Waals surface area (Å²) in [5.74, 6) is 1.39. The second kappa shape index (κ2) is 9.22. The third kappa shape index (κ3) is 4.93. The molecule has 5 heteroatoms. The standard InChI is InChI=1S/C28H35N3O2/c1-20(2)33-23-9-7-21(8-10-23)19-31-15-12-28(13-16-31)17-25(28)27(32)29-14-11-22-18-30-26-6-4-3-5-24(22)26/h3-10,18,20,25,30H,11-17,19H2,1-2H3,(H,29,32). The second-order valence-corrected chi connectivity index (χ2v) is 10.1. The number of piperidine rings is 1. The SMILES string of the molecule is CC(C)Oc1ccc(CN2CCC3(CC2)CC3C(=O)NCCc2c[nH]c3ccccc23)cc1. The zero-order chi connectivity index (χ0) is 22.8. The largest absolute Gasteiger partial charge is 0.491 e. The van der Waals surface area contributed by atoms with E-state index in [-0.39, 0.29) is 23.3 Å². The molecule has 2 heterocycles. The van der Waals surface area contributed by atoms with E-state index in [0.717, 1.165) is 56.6 Å². The van der Waals surface area contributed by atoms with E-state index in [2.05, 4.69) is 63.9 Å². The van der Waals surface area contributed by atoms with Gasteiger partial charge in [0.25, 0.3) is 0 Å². The molecular weight excluding hydrogens is 410 g/mol. The van der Waals surface area contributed by atoms with Crippen molar-refractivity contribution in [2.24, 2.45) is 11.3 Å². The van der Waals surface area contributed by atoms with E-state index in [1.807, 2.05) is 19.9 Å². The van der Waals surface area contributed by atoms with Crippen LogP contribution < -0.4 is 10.1 Å². The lowest BCUT2D eigenvalue weighted by atomic mass is 9.90. The van der Waals surface area contributed by atoms with Crippen LogP contribution in [0.3, 0.4) is 0 Å². The molecule has 1 saturated heterocycles. The number of nitrogens with zero attached hydrogens (tertiary/aromatic N) is 1. The molecule has 1 unspecified atom stereocenters.